The number of hydrogen-bond acceptors (Lipinski definition) is 3. The number of rotatable bonds is 5. The number of esters is 1. The number of hydrogen-bond donors (Lipinski definition) is 0. The molecule has 3 heteroatoms. The summed E-state index contributed by atoms with van der Waals surface area (Å²) in [5.41, 5.74) is 0.220. The van der Waals surface area contributed by atoms with E-state index in [1.54, 1.807) is 0 Å². The van der Waals surface area contributed by atoms with Gasteiger partial charge in [-0.25, -0.2) is 0 Å². The van der Waals surface area contributed by atoms with E-state index >= 15 is 0 Å². The average Bonchev–Trinajstić information content (AvgIpc) is 2.14. The topological polar surface area (TPSA) is 29.5 Å². The molecule has 0 heterocycles. The Morgan fingerprint density at radius 3 is 2.19 bits per heavy atom. The van der Waals surface area contributed by atoms with Gasteiger partial charge in [0.2, 0.25) is 0 Å². The summed E-state index contributed by atoms with van der Waals surface area (Å²) in [7, 11) is 2.07. The molecule has 0 aromatic carbocycles. The lowest BCUT2D eigenvalue weighted by atomic mass is 9.86. The third kappa shape index (κ3) is 4.97. The van der Waals surface area contributed by atoms with Crippen LogP contribution in [-0.2, 0) is 9.53 Å². The summed E-state index contributed by atoms with van der Waals surface area (Å²) >= 11 is 0. The Morgan fingerprint density at radius 2 is 1.81 bits per heavy atom. The summed E-state index contributed by atoms with van der Waals surface area (Å²) in [6.07, 6.45) is 0.463. The van der Waals surface area contributed by atoms with E-state index < -0.39 is 0 Å². The quantitative estimate of drug-likeness (QED) is 0.679. The second-order valence-electron chi connectivity index (χ2n) is 5.57. The van der Waals surface area contributed by atoms with Gasteiger partial charge in [0, 0.05) is 12.1 Å². The predicted molar refractivity (Wildman–Crippen MR) is 67.4 cm³/mol. The molecule has 96 valence electrons. The first-order chi connectivity index (χ1) is 7.20. The van der Waals surface area contributed by atoms with Gasteiger partial charge in [0.15, 0.2) is 0 Å². The van der Waals surface area contributed by atoms with E-state index in [1.165, 1.54) is 0 Å². The summed E-state index contributed by atoms with van der Waals surface area (Å²) < 4.78 is 4.96. The molecular formula is C13H27NO2. The highest BCUT2D eigenvalue weighted by Crippen LogP contribution is 2.24. The Morgan fingerprint density at radius 1 is 1.31 bits per heavy atom. The Hall–Kier alpha value is -0.570. The molecule has 0 bridgehead atoms. The fourth-order valence-electron chi connectivity index (χ4n) is 1.60. The minimum atomic E-state index is -0.108. The van der Waals surface area contributed by atoms with Crippen LogP contribution in [0.4, 0.5) is 0 Å². The minimum absolute atomic E-state index is 0.108. The molecule has 0 fully saturated rings. The predicted octanol–water partition coefficient (Wildman–Crippen LogP) is 2.69. The zero-order valence-electron chi connectivity index (χ0n) is 11.8. The molecule has 0 aliphatic heterocycles. The summed E-state index contributed by atoms with van der Waals surface area (Å²) in [4.78, 5) is 13.6. The maximum absolute atomic E-state index is 11.4. The summed E-state index contributed by atoms with van der Waals surface area (Å²) in [6, 6.07) is 0.644. The molecule has 0 radical (unpaired) electrons. The van der Waals surface area contributed by atoms with Gasteiger partial charge in [0.25, 0.3) is 0 Å². The lowest BCUT2D eigenvalue weighted by Gasteiger charge is -2.38. The van der Waals surface area contributed by atoms with Gasteiger partial charge >= 0.3 is 5.97 Å². The highest BCUT2D eigenvalue weighted by molar-refractivity contribution is 5.70. The first-order valence-corrected chi connectivity index (χ1v) is 6.07. The monoisotopic (exact) mass is 229 g/mol. The van der Waals surface area contributed by atoms with Crippen molar-refractivity contribution in [2.24, 2.45) is 5.41 Å². The molecule has 3 nitrogen and oxygen atoms in total. The van der Waals surface area contributed by atoms with Crippen LogP contribution in [0.5, 0.6) is 0 Å². The van der Waals surface area contributed by atoms with E-state index in [4.69, 9.17) is 4.74 Å². The number of ether oxygens (including phenoxy) is 1. The van der Waals surface area contributed by atoms with Gasteiger partial charge in [-0.05, 0) is 33.2 Å². The second kappa shape index (κ2) is 6.24. The lowest BCUT2D eigenvalue weighted by molar-refractivity contribution is -0.144. The molecule has 0 aromatic rings. The molecule has 0 rings (SSSR count). The zero-order valence-corrected chi connectivity index (χ0v) is 11.8. The van der Waals surface area contributed by atoms with Gasteiger partial charge in [-0.2, -0.15) is 0 Å². The first-order valence-electron chi connectivity index (χ1n) is 6.07. The largest absolute Gasteiger partial charge is 0.466 e. The third-order valence-corrected chi connectivity index (χ3v) is 3.33. The van der Waals surface area contributed by atoms with E-state index in [-0.39, 0.29) is 17.4 Å². The molecule has 2 atom stereocenters. The Balaban J connectivity index is 4.28. The van der Waals surface area contributed by atoms with E-state index in [0.717, 1.165) is 0 Å². The van der Waals surface area contributed by atoms with E-state index in [2.05, 4.69) is 46.6 Å². The van der Waals surface area contributed by atoms with Gasteiger partial charge in [0.1, 0.15) is 0 Å². The van der Waals surface area contributed by atoms with Gasteiger partial charge in [0.05, 0.1) is 13.0 Å². The van der Waals surface area contributed by atoms with Crippen molar-refractivity contribution in [3.05, 3.63) is 0 Å². The molecule has 0 spiro atoms. The summed E-state index contributed by atoms with van der Waals surface area (Å²) in [5.74, 6) is -0.108. The van der Waals surface area contributed by atoms with Gasteiger partial charge in [-0.15, -0.1) is 0 Å². The van der Waals surface area contributed by atoms with E-state index in [1.807, 2.05) is 6.92 Å². The van der Waals surface area contributed by atoms with Gasteiger partial charge < -0.3 is 4.74 Å². The average molecular weight is 229 g/mol. The van der Waals surface area contributed by atoms with Crippen molar-refractivity contribution < 1.29 is 9.53 Å². The Bertz CT molecular complexity index is 220. The molecule has 16 heavy (non-hydrogen) atoms. The van der Waals surface area contributed by atoms with Crippen molar-refractivity contribution in [3.8, 4) is 0 Å². The van der Waals surface area contributed by atoms with Crippen molar-refractivity contribution in [1.82, 2.24) is 4.90 Å². The van der Waals surface area contributed by atoms with Crippen molar-refractivity contribution in [2.75, 3.05) is 13.7 Å². The summed E-state index contributed by atoms with van der Waals surface area (Å²) in [6.45, 7) is 13.2. The molecule has 0 saturated heterocycles. The Kier molecular flexibility index (Phi) is 6.01. The SMILES string of the molecule is CCOC(=O)CC(C)N(C)C(C)C(C)(C)C. The van der Waals surface area contributed by atoms with Crippen molar-refractivity contribution in [3.63, 3.8) is 0 Å². The van der Waals surface area contributed by atoms with Crippen molar-refractivity contribution in [1.29, 1.82) is 0 Å². The van der Waals surface area contributed by atoms with Crippen LogP contribution < -0.4 is 0 Å². The zero-order chi connectivity index (χ0) is 12.9. The summed E-state index contributed by atoms with van der Waals surface area (Å²) in [5, 5.41) is 0. The Labute approximate surface area is 100 Å². The molecule has 0 amide bonds. The van der Waals surface area contributed by atoms with E-state index in [0.29, 0.717) is 19.1 Å². The van der Waals surface area contributed by atoms with Crippen LogP contribution in [0.1, 0.15) is 48.0 Å². The highest BCUT2D eigenvalue weighted by Gasteiger charge is 2.27. The maximum atomic E-state index is 11.4. The fourth-order valence-corrected chi connectivity index (χ4v) is 1.60. The van der Waals surface area contributed by atoms with Crippen molar-refractivity contribution >= 4 is 5.97 Å². The number of carbonyl (C=O) groups is 1. The normalized spacial score (nSPS) is 16.0. The third-order valence-electron chi connectivity index (χ3n) is 3.33. The van der Waals surface area contributed by atoms with Crippen LogP contribution in [0.15, 0.2) is 0 Å². The van der Waals surface area contributed by atoms with Crippen LogP contribution in [-0.4, -0.2) is 36.6 Å². The van der Waals surface area contributed by atoms with Gasteiger partial charge in [-0.3, -0.25) is 9.69 Å². The smallest absolute Gasteiger partial charge is 0.307 e. The van der Waals surface area contributed by atoms with Crippen LogP contribution in [0.2, 0.25) is 0 Å². The number of carbonyl (C=O) groups excluding carboxylic acids is 1. The second-order valence-corrected chi connectivity index (χ2v) is 5.57. The van der Waals surface area contributed by atoms with Crippen LogP contribution >= 0.6 is 0 Å². The molecule has 0 aliphatic rings. The van der Waals surface area contributed by atoms with Crippen LogP contribution in [0.3, 0.4) is 0 Å². The lowest BCUT2D eigenvalue weighted by Crippen LogP contribution is -2.45. The van der Waals surface area contributed by atoms with Crippen LogP contribution in [0.25, 0.3) is 0 Å². The molecule has 0 N–H and O–H groups in total. The van der Waals surface area contributed by atoms with Gasteiger partial charge in [-0.1, -0.05) is 20.8 Å². The van der Waals surface area contributed by atoms with Crippen LogP contribution in [0, 0.1) is 5.41 Å². The molecule has 2 unspecified atom stereocenters. The minimum Gasteiger partial charge on any atom is -0.466 e. The molecule has 0 aliphatic carbocycles. The first kappa shape index (κ1) is 15.4. The molecular weight excluding hydrogens is 202 g/mol. The standard InChI is InChI=1S/C13H27NO2/c1-8-16-12(15)9-10(2)14(7)11(3)13(4,5)6/h10-11H,8-9H2,1-7H3. The van der Waals surface area contributed by atoms with Crippen molar-refractivity contribution in [2.45, 2.75) is 60.0 Å². The number of nitrogens with zero attached hydrogens (tertiary/aromatic N) is 1. The maximum Gasteiger partial charge on any atom is 0.307 e. The van der Waals surface area contributed by atoms with E-state index in [9.17, 15) is 4.79 Å². The highest BCUT2D eigenvalue weighted by atomic mass is 16.5. The molecule has 0 aromatic heterocycles. The molecule has 0 saturated carbocycles. The fraction of sp³-hybridized carbons (Fsp3) is 0.923.